The van der Waals surface area contributed by atoms with Crippen LogP contribution >= 0.6 is 12.2 Å². The molecule has 4 heteroatoms. The first kappa shape index (κ1) is 15.3. The first-order chi connectivity index (χ1) is 8.49. The smallest absolute Gasteiger partial charge is 0.220 e. The maximum Gasteiger partial charge on any atom is 0.220 e. The predicted molar refractivity (Wildman–Crippen MR) is 80.9 cm³/mol. The van der Waals surface area contributed by atoms with Gasteiger partial charge in [0.05, 0.1) is 10.2 Å². The average molecular weight is 268 g/mol. The molecular weight excluding hydrogens is 244 g/mol. The highest BCUT2D eigenvalue weighted by molar-refractivity contribution is 7.71. The molecule has 1 aromatic rings. The van der Waals surface area contributed by atoms with Gasteiger partial charge in [0.1, 0.15) is 0 Å². The molecule has 0 radical (unpaired) electrons. The van der Waals surface area contributed by atoms with Crippen LogP contribution in [0.3, 0.4) is 0 Å². The first-order valence-electron chi connectivity index (χ1n) is 6.74. The van der Waals surface area contributed by atoms with Crippen molar-refractivity contribution in [1.29, 1.82) is 0 Å². The molecule has 0 unspecified atom stereocenters. The molecule has 0 amide bonds. The zero-order chi connectivity index (χ0) is 13.7. The second kappa shape index (κ2) is 7.00. The summed E-state index contributed by atoms with van der Waals surface area (Å²) < 4.78 is 0.526. The van der Waals surface area contributed by atoms with Crippen molar-refractivity contribution in [2.45, 2.75) is 39.5 Å². The molecule has 1 N–H and O–H groups in total. The lowest BCUT2D eigenvalue weighted by atomic mass is 9.96. The van der Waals surface area contributed by atoms with Crippen LogP contribution in [0, 0.1) is 4.51 Å². The van der Waals surface area contributed by atoms with Gasteiger partial charge in [-0.25, -0.2) is 0 Å². The van der Waals surface area contributed by atoms with Crippen molar-refractivity contribution in [3.8, 4) is 0 Å². The highest BCUT2D eigenvalue weighted by Crippen LogP contribution is 2.25. The molecule has 0 aromatic heterocycles. The van der Waals surface area contributed by atoms with Crippen LogP contribution in [-0.2, 0) is 0 Å². The fourth-order valence-corrected chi connectivity index (χ4v) is 2.45. The second-order valence-electron chi connectivity index (χ2n) is 5.13. The monoisotopic (exact) mass is 268 g/mol. The van der Waals surface area contributed by atoms with E-state index >= 15 is 0 Å². The van der Waals surface area contributed by atoms with Gasteiger partial charge in [0.15, 0.2) is 0 Å². The lowest BCUT2D eigenvalue weighted by molar-refractivity contribution is 0.345. The fourth-order valence-electron chi connectivity index (χ4n) is 2.01. The molecule has 0 heterocycles. The van der Waals surface area contributed by atoms with E-state index in [1.54, 1.807) is 0 Å². The van der Waals surface area contributed by atoms with E-state index in [0.717, 1.165) is 43.7 Å². The van der Waals surface area contributed by atoms with Crippen LogP contribution in [0.25, 0.3) is 0 Å². The number of nitrogens with zero attached hydrogens (tertiary/aromatic N) is 1. The van der Waals surface area contributed by atoms with Crippen LogP contribution in [0.2, 0.25) is 0 Å². The van der Waals surface area contributed by atoms with Crippen LogP contribution < -0.4 is 10.7 Å². The maximum absolute atomic E-state index is 11.6. The summed E-state index contributed by atoms with van der Waals surface area (Å²) in [6, 6.07) is 0. The topological polar surface area (TPSA) is 32.3 Å². The third kappa shape index (κ3) is 3.62. The molecule has 0 saturated carbocycles. The quantitative estimate of drug-likeness (QED) is 0.580. The van der Waals surface area contributed by atoms with E-state index in [0.29, 0.717) is 10.4 Å². The minimum Gasteiger partial charge on any atom is -0.382 e. The Morgan fingerprint density at radius 2 is 2.00 bits per heavy atom. The summed E-state index contributed by atoms with van der Waals surface area (Å²) in [5.41, 5.74) is 1.83. The summed E-state index contributed by atoms with van der Waals surface area (Å²) in [5.74, 6) is 0.337. The zero-order valence-electron chi connectivity index (χ0n) is 11.9. The highest BCUT2D eigenvalue weighted by atomic mass is 32.1. The van der Waals surface area contributed by atoms with E-state index in [4.69, 9.17) is 12.2 Å². The van der Waals surface area contributed by atoms with Crippen molar-refractivity contribution in [2.24, 2.45) is 0 Å². The zero-order valence-corrected chi connectivity index (χ0v) is 12.7. The molecule has 0 bridgehead atoms. The van der Waals surface area contributed by atoms with Crippen molar-refractivity contribution >= 4 is 17.9 Å². The van der Waals surface area contributed by atoms with Gasteiger partial charge in [-0.2, -0.15) is 0 Å². The molecule has 0 aliphatic carbocycles. The molecule has 18 heavy (non-hydrogen) atoms. The molecule has 102 valence electrons. The summed E-state index contributed by atoms with van der Waals surface area (Å²) >= 11 is 5.08. The number of anilines is 1. The normalized spacial score (nSPS) is 11.7. The van der Waals surface area contributed by atoms with E-state index in [1.165, 1.54) is 0 Å². The Morgan fingerprint density at radius 3 is 2.56 bits per heavy atom. The Labute approximate surface area is 115 Å². The van der Waals surface area contributed by atoms with Gasteiger partial charge in [-0.05, 0) is 38.9 Å². The van der Waals surface area contributed by atoms with Crippen LogP contribution in [0.5, 0.6) is 0 Å². The second-order valence-corrected chi connectivity index (χ2v) is 5.54. The molecule has 0 fully saturated rings. The van der Waals surface area contributed by atoms with Crippen LogP contribution in [0.4, 0.5) is 5.69 Å². The van der Waals surface area contributed by atoms with Gasteiger partial charge >= 0.3 is 0 Å². The Bertz CT molecular complexity index is 447. The van der Waals surface area contributed by atoms with Crippen molar-refractivity contribution in [3.63, 3.8) is 0 Å². The Kier molecular flexibility index (Phi) is 5.96. The summed E-state index contributed by atoms with van der Waals surface area (Å²) in [6.45, 7) is 9.37. The van der Waals surface area contributed by atoms with Crippen molar-refractivity contribution < 1.29 is 0 Å². The molecule has 0 spiro atoms. The Hall–Kier alpha value is -0.740. The van der Waals surface area contributed by atoms with Crippen LogP contribution in [0.1, 0.15) is 45.1 Å². The van der Waals surface area contributed by atoms with E-state index in [-0.39, 0.29) is 5.43 Å². The predicted octanol–water partition coefficient (Wildman–Crippen LogP) is 2.92. The van der Waals surface area contributed by atoms with E-state index in [2.05, 4.69) is 38.0 Å². The van der Waals surface area contributed by atoms with Gasteiger partial charge in [-0.15, -0.1) is 0 Å². The summed E-state index contributed by atoms with van der Waals surface area (Å²) in [5, 5.41) is 3.25. The Balaban J connectivity index is 2.35. The lowest BCUT2D eigenvalue weighted by Gasteiger charge is -2.18. The third-order valence-electron chi connectivity index (χ3n) is 3.33. The van der Waals surface area contributed by atoms with Gasteiger partial charge in [0, 0.05) is 12.1 Å². The molecule has 0 aliphatic heterocycles. The number of rotatable bonds is 8. The number of hydrogen-bond acceptors (Lipinski definition) is 4. The number of nitrogens with one attached hydrogen (secondary N) is 1. The minimum atomic E-state index is 0.0272. The summed E-state index contributed by atoms with van der Waals surface area (Å²) in [6.07, 6.45) is 2.24. The SMILES string of the molecule is CCN(C)CCCCNc1c(C(C)C)c(=S)c1=O. The first-order valence-corrected chi connectivity index (χ1v) is 7.15. The fraction of sp³-hybridized carbons (Fsp3) is 0.714. The molecule has 0 aliphatic rings. The van der Waals surface area contributed by atoms with Crippen molar-refractivity contribution in [1.82, 2.24) is 4.90 Å². The van der Waals surface area contributed by atoms with Crippen LogP contribution in [0.15, 0.2) is 4.79 Å². The molecule has 1 aromatic carbocycles. The standard InChI is InChI=1S/C14H24N2OS/c1-5-16(4)9-7-6-8-15-12-11(10(2)3)14(18)13(12)17/h10,15H,5-9H2,1-4H3. The Morgan fingerprint density at radius 1 is 1.33 bits per heavy atom. The average Bonchev–Trinajstić information content (AvgIpc) is 2.35. The molecule has 0 saturated heterocycles. The summed E-state index contributed by atoms with van der Waals surface area (Å²) in [4.78, 5) is 13.9. The maximum atomic E-state index is 11.6. The lowest BCUT2D eigenvalue weighted by Crippen LogP contribution is -2.23. The molecule has 1 rings (SSSR count). The number of hydrogen-bond donors (Lipinski definition) is 1. The molecule has 0 atom stereocenters. The van der Waals surface area contributed by atoms with Gasteiger partial charge in [0.2, 0.25) is 5.43 Å². The molecular formula is C14H24N2OS. The van der Waals surface area contributed by atoms with Gasteiger partial charge in [-0.3, -0.25) is 4.79 Å². The number of unbranched alkanes of at least 4 members (excludes halogenated alkanes) is 1. The highest BCUT2D eigenvalue weighted by Gasteiger charge is 2.19. The van der Waals surface area contributed by atoms with Crippen molar-refractivity contribution in [2.75, 3.05) is 32.0 Å². The van der Waals surface area contributed by atoms with Gasteiger partial charge < -0.3 is 10.2 Å². The van der Waals surface area contributed by atoms with Crippen molar-refractivity contribution in [3.05, 3.63) is 20.3 Å². The van der Waals surface area contributed by atoms with Crippen LogP contribution in [-0.4, -0.2) is 31.6 Å². The van der Waals surface area contributed by atoms with E-state index < -0.39 is 0 Å². The van der Waals surface area contributed by atoms with Gasteiger partial charge in [-0.1, -0.05) is 33.0 Å². The minimum absolute atomic E-state index is 0.0272. The third-order valence-corrected chi connectivity index (χ3v) is 3.74. The largest absolute Gasteiger partial charge is 0.382 e. The van der Waals surface area contributed by atoms with Gasteiger partial charge in [0.25, 0.3) is 0 Å². The molecule has 3 nitrogen and oxygen atoms in total. The van der Waals surface area contributed by atoms with E-state index in [1.807, 2.05) is 0 Å². The van der Waals surface area contributed by atoms with E-state index in [9.17, 15) is 4.79 Å². The summed E-state index contributed by atoms with van der Waals surface area (Å²) in [7, 11) is 2.13.